The Labute approximate surface area is 161 Å². The van der Waals surface area contributed by atoms with E-state index in [2.05, 4.69) is 42.6 Å². The van der Waals surface area contributed by atoms with E-state index in [4.69, 9.17) is 5.26 Å². The molecule has 4 heteroatoms. The fraction of sp³-hybridized carbons (Fsp3) is 0.391. The van der Waals surface area contributed by atoms with Crippen molar-refractivity contribution in [1.29, 1.82) is 5.26 Å². The molecule has 0 aliphatic carbocycles. The van der Waals surface area contributed by atoms with Crippen LogP contribution in [0.3, 0.4) is 0 Å². The first-order valence-corrected chi connectivity index (χ1v) is 9.74. The summed E-state index contributed by atoms with van der Waals surface area (Å²) in [5, 5.41) is 12.1. The minimum absolute atomic E-state index is 0.0135. The van der Waals surface area contributed by atoms with Crippen LogP contribution < -0.4 is 5.32 Å². The van der Waals surface area contributed by atoms with Crippen molar-refractivity contribution in [1.82, 2.24) is 10.2 Å². The predicted octanol–water partition coefficient (Wildman–Crippen LogP) is 4.79. The van der Waals surface area contributed by atoms with E-state index in [0.29, 0.717) is 12.3 Å². The normalized spacial score (nSPS) is 17.3. The Morgan fingerprint density at radius 3 is 2.74 bits per heavy atom. The molecule has 2 aromatic rings. The molecule has 0 spiro atoms. The number of rotatable bonds is 5. The van der Waals surface area contributed by atoms with Crippen LogP contribution in [0.4, 0.5) is 4.79 Å². The quantitative estimate of drug-likeness (QED) is 0.778. The summed E-state index contributed by atoms with van der Waals surface area (Å²) in [6.07, 6.45) is 2.94. The van der Waals surface area contributed by atoms with Crippen molar-refractivity contribution in [3.63, 3.8) is 0 Å². The first kappa shape index (κ1) is 19.0. The highest BCUT2D eigenvalue weighted by molar-refractivity contribution is 5.75. The molecule has 4 nitrogen and oxygen atoms in total. The van der Waals surface area contributed by atoms with Gasteiger partial charge in [-0.2, -0.15) is 5.26 Å². The van der Waals surface area contributed by atoms with Crippen LogP contribution in [0.5, 0.6) is 0 Å². The zero-order valence-corrected chi connectivity index (χ0v) is 15.9. The molecule has 2 amide bonds. The lowest BCUT2D eigenvalue weighted by atomic mass is 9.96. The Kier molecular flexibility index (Phi) is 6.49. The number of carbonyl (C=O) groups is 1. The standard InChI is InChI=1S/C23H27N3O/c1-18-17-26(16-14-19-9-5-6-12-21(18)19)23(27)25-22(13-7-8-15-24)20-10-3-2-4-11-20/h2-6,9-12,18,22H,7-8,13-14,16-17H2,1H3,(H,25,27). The molecule has 0 saturated heterocycles. The molecule has 3 rings (SSSR count). The van der Waals surface area contributed by atoms with Crippen molar-refractivity contribution in [3.8, 4) is 6.07 Å². The lowest BCUT2D eigenvalue weighted by molar-refractivity contribution is 0.192. The number of nitrogens with zero attached hydrogens (tertiary/aromatic N) is 2. The van der Waals surface area contributed by atoms with Gasteiger partial charge >= 0.3 is 6.03 Å². The molecule has 0 radical (unpaired) electrons. The molecule has 0 bridgehead atoms. The summed E-state index contributed by atoms with van der Waals surface area (Å²) < 4.78 is 0. The van der Waals surface area contributed by atoms with E-state index >= 15 is 0 Å². The van der Waals surface area contributed by atoms with Crippen LogP contribution in [0, 0.1) is 11.3 Å². The van der Waals surface area contributed by atoms with E-state index in [9.17, 15) is 4.79 Å². The predicted molar refractivity (Wildman–Crippen MR) is 107 cm³/mol. The van der Waals surface area contributed by atoms with Gasteiger partial charge in [0.15, 0.2) is 0 Å². The van der Waals surface area contributed by atoms with E-state index in [1.165, 1.54) is 11.1 Å². The van der Waals surface area contributed by atoms with Crippen molar-refractivity contribution in [2.24, 2.45) is 0 Å². The number of urea groups is 1. The smallest absolute Gasteiger partial charge is 0.317 e. The van der Waals surface area contributed by atoms with Crippen LogP contribution in [0.1, 0.15) is 54.8 Å². The summed E-state index contributed by atoms with van der Waals surface area (Å²) in [6, 6.07) is 20.6. The summed E-state index contributed by atoms with van der Waals surface area (Å²) in [4.78, 5) is 14.9. The van der Waals surface area contributed by atoms with E-state index in [0.717, 1.165) is 37.9 Å². The molecule has 0 aromatic heterocycles. The molecular weight excluding hydrogens is 334 g/mol. The Bertz CT molecular complexity index is 797. The van der Waals surface area contributed by atoms with E-state index in [-0.39, 0.29) is 12.1 Å². The lowest BCUT2D eigenvalue weighted by Crippen LogP contribution is -2.43. The fourth-order valence-electron chi connectivity index (χ4n) is 3.84. The van der Waals surface area contributed by atoms with Crippen molar-refractivity contribution >= 4 is 6.03 Å². The maximum Gasteiger partial charge on any atom is 0.317 e. The molecule has 1 N–H and O–H groups in total. The van der Waals surface area contributed by atoms with Crippen LogP contribution in [0.15, 0.2) is 54.6 Å². The molecular formula is C23H27N3O. The number of unbranched alkanes of at least 4 members (excludes halogenated alkanes) is 1. The Morgan fingerprint density at radius 1 is 1.22 bits per heavy atom. The highest BCUT2D eigenvalue weighted by atomic mass is 16.2. The van der Waals surface area contributed by atoms with Gasteiger partial charge in [0.2, 0.25) is 0 Å². The third-order valence-corrected chi connectivity index (χ3v) is 5.30. The number of nitriles is 1. The lowest BCUT2D eigenvalue weighted by Gasteiger charge is -2.27. The van der Waals surface area contributed by atoms with Gasteiger partial charge < -0.3 is 10.2 Å². The van der Waals surface area contributed by atoms with Crippen LogP contribution in [-0.4, -0.2) is 24.0 Å². The summed E-state index contributed by atoms with van der Waals surface area (Å²) in [6.45, 7) is 3.64. The van der Waals surface area contributed by atoms with E-state index in [1.807, 2.05) is 35.2 Å². The Hall–Kier alpha value is -2.80. The number of fused-ring (bicyclic) bond motifs is 1. The minimum atomic E-state index is -0.0621. The molecule has 27 heavy (non-hydrogen) atoms. The molecule has 0 fully saturated rings. The SMILES string of the molecule is CC1CN(C(=O)NC(CCCC#N)c2ccccc2)CCc2ccccc21. The number of benzene rings is 2. The number of carbonyl (C=O) groups excluding carboxylic acids is 1. The number of nitrogens with one attached hydrogen (secondary N) is 1. The number of hydrogen-bond acceptors (Lipinski definition) is 2. The van der Waals surface area contributed by atoms with Crippen molar-refractivity contribution in [2.45, 2.75) is 44.6 Å². The maximum atomic E-state index is 13.0. The summed E-state index contributed by atoms with van der Waals surface area (Å²) >= 11 is 0. The second-order valence-electron chi connectivity index (χ2n) is 7.26. The monoisotopic (exact) mass is 361 g/mol. The molecule has 2 atom stereocenters. The number of hydrogen-bond donors (Lipinski definition) is 1. The summed E-state index contributed by atoms with van der Waals surface area (Å²) in [5.41, 5.74) is 3.78. The highest BCUT2D eigenvalue weighted by Gasteiger charge is 2.24. The first-order valence-electron chi connectivity index (χ1n) is 9.74. The minimum Gasteiger partial charge on any atom is -0.331 e. The second-order valence-corrected chi connectivity index (χ2v) is 7.26. The van der Waals surface area contributed by atoms with Crippen LogP contribution >= 0.6 is 0 Å². The van der Waals surface area contributed by atoms with Gasteiger partial charge in [-0.25, -0.2) is 4.79 Å². The van der Waals surface area contributed by atoms with Crippen molar-refractivity contribution in [2.75, 3.05) is 13.1 Å². The van der Waals surface area contributed by atoms with Crippen molar-refractivity contribution < 1.29 is 4.79 Å². The topological polar surface area (TPSA) is 56.1 Å². The van der Waals surface area contributed by atoms with E-state index in [1.54, 1.807) is 0 Å². The molecule has 140 valence electrons. The van der Waals surface area contributed by atoms with Crippen LogP contribution in [-0.2, 0) is 6.42 Å². The second kappa shape index (κ2) is 9.23. The summed E-state index contributed by atoms with van der Waals surface area (Å²) in [5.74, 6) is 0.322. The zero-order valence-electron chi connectivity index (χ0n) is 15.9. The average Bonchev–Trinajstić information content (AvgIpc) is 2.87. The van der Waals surface area contributed by atoms with Gasteiger partial charge in [0, 0.05) is 19.5 Å². The molecule has 1 heterocycles. The van der Waals surface area contributed by atoms with Crippen LogP contribution in [0.25, 0.3) is 0 Å². The Balaban J connectivity index is 1.69. The zero-order chi connectivity index (χ0) is 19.1. The molecule has 1 aliphatic rings. The van der Waals surface area contributed by atoms with Gasteiger partial charge in [-0.1, -0.05) is 61.5 Å². The van der Waals surface area contributed by atoms with Crippen LogP contribution in [0.2, 0.25) is 0 Å². The average molecular weight is 361 g/mol. The first-order chi connectivity index (χ1) is 13.2. The molecule has 0 saturated carbocycles. The van der Waals surface area contributed by atoms with E-state index < -0.39 is 0 Å². The Morgan fingerprint density at radius 2 is 1.96 bits per heavy atom. The maximum absolute atomic E-state index is 13.0. The van der Waals surface area contributed by atoms with Gasteiger partial charge in [-0.3, -0.25) is 0 Å². The largest absolute Gasteiger partial charge is 0.331 e. The number of amides is 2. The summed E-state index contributed by atoms with van der Waals surface area (Å²) in [7, 11) is 0. The fourth-order valence-corrected chi connectivity index (χ4v) is 3.84. The van der Waals surface area contributed by atoms with Gasteiger partial charge in [0.25, 0.3) is 0 Å². The van der Waals surface area contributed by atoms with Crippen molar-refractivity contribution in [3.05, 3.63) is 71.3 Å². The third kappa shape index (κ3) is 4.89. The molecule has 2 aromatic carbocycles. The van der Waals surface area contributed by atoms with Gasteiger partial charge in [0.1, 0.15) is 0 Å². The third-order valence-electron chi connectivity index (χ3n) is 5.30. The van der Waals surface area contributed by atoms with Gasteiger partial charge in [-0.15, -0.1) is 0 Å². The van der Waals surface area contributed by atoms with Gasteiger partial charge in [-0.05, 0) is 41.9 Å². The molecule has 2 unspecified atom stereocenters. The molecule has 1 aliphatic heterocycles. The van der Waals surface area contributed by atoms with Gasteiger partial charge in [0.05, 0.1) is 12.1 Å². The highest BCUT2D eigenvalue weighted by Crippen LogP contribution is 2.26.